The molecule has 4 rings (SSSR count). The minimum absolute atomic E-state index is 0.596. The molecule has 4 nitrogen and oxygen atoms in total. The van der Waals surface area contributed by atoms with Gasteiger partial charge in [-0.05, 0) is 38.0 Å². The molecular weight excluding hydrogens is 248 g/mol. The molecule has 3 aromatic rings. The van der Waals surface area contributed by atoms with E-state index in [9.17, 15) is 0 Å². The van der Waals surface area contributed by atoms with Crippen LogP contribution in [-0.4, -0.2) is 21.2 Å². The molecule has 0 bridgehead atoms. The summed E-state index contributed by atoms with van der Waals surface area (Å²) in [5, 5.41) is 13.3. The summed E-state index contributed by atoms with van der Waals surface area (Å²) in [7, 11) is 0. The second-order valence-corrected chi connectivity index (χ2v) is 5.73. The zero-order valence-electron chi connectivity index (χ0n) is 11.6. The number of nitrogens with zero attached hydrogens (tertiary/aromatic N) is 2. The van der Waals surface area contributed by atoms with E-state index < -0.39 is 0 Å². The molecule has 2 heterocycles. The summed E-state index contributed by atoms with van der Waals surface area (Å²) in [4.78, 5) is 4.65. The highest BCUT2D eigenvalue weighted by molar-refractivity contribution is 6.10. The number of aromatic nitrogens is 3. The van der Waals surface area contributed by atoms with Crippen molar-refractivity contribution in [3.05, 3.63) is 30.1 Å². The SMILES string of the molecule is Cc1cc(NC2CCCC2)c2c(ccc3cn[nH]c32)n1. The molecule has 2 aromatic heterocycles. The number of pyridine rings is 1. The van der Waals surface area contributed by atoms with Gasteiger partial charge in [0, 0.05) is 28.2 Å². The lowest BCUT2D eigenvalue weighted by atomic mass is 10.1. The number of hydrogen-bond acceptors (Lipinski definition) is 3. The summed E-state index contributed by atoms with van der Waals surface area (Å²) in [5.74, 6) is 0. The fourth-order valence-corrected chi connectivity index (χ4v) is 3.28. The first kappa shape index (κ1) is 11.7. The molecule has 0 saturated heterocycles. The first-order valence-corrected chi connectivity index (χ1v) is 7.31. The average Bonchev–Trinajstić information content (AvgIpc) is 3.08. The maximum atomic E-state index is 4.65. The van der Waals surface area contributed by atoms with Crippen LogP contribution in [0.1, 0.15) is 31.4 Å². The Labute approximate surface area is 117 Å². The number of aromatic amines is 1. The van der Waals surface area contributed by atoms with Crippen molar-refractivity contribution in [2.75, 3.05) is 5.32 Å². The molecule has 1 aromatic carbocycles. The monoisotopic (exact) mass is 266 g/mol. The first-order valence-electron chi connectivity index (χ1n) is 7.31. The maximum absolute atomic E-state index is 4.65. The molecule has 0 unspecified atom stereocenters. The minimum Gasteiger partial charge on any atom is -0.382 e. The van der Waals surface area contributed by atoms with Crippen LogP contribution in [0.2, 0.25) is 0 Å². The molecule has 2 N–H and O–H groups in total. The Morgan fingerprint density at radius 3 is 2.95 bits per heavy atom. The predicted molar refractivity (Wildman–Crippen MR) is 82.0 cm³/mol. The molecule has 1 aliphatic rings. The summed E-state index contributed by atoms with van der Waals surface area (Å²) in [6, 6.07) is 6.91. The van der Waals surface area contributed by atoms with Crippen molar-refractivity contribution in [2.45, 2.75) is 38.6 Å². The molecule has 4 heteroatoms. The van der Waals surface area contributed by atoms with Gasteiger partial charge in [0.2, 0.25) is 0 Å². The Bertz CT molecular complexity index is 769. The van der Waals surface area contributed by atoms with Gasteiger partial charge in [0.1, 0.15) is 0 Å². The van der Waals surface area contributed by atoms with E-state index in [1.807, 2.05) is 6.20 Å². The Morgan fingerprint density at radius 1 is 1.25 bits per heavy atom. The molecule has 1 aliphatic carbocycles. The van der Waals surface area contributed by atoms with Crippen molar-refractivity contribution < 1.29 is 0 Å². The van der Waals surface area contributed by atoms with Crippen LogP contribution in [0.25, 0.3) is 21.8 Å². The lowest BCUT2D eigenvalue weighted by molar-refractivity contribution is 0.756. The largest absolute Gasteiger partial charge is 0.382 e. The Morgan fingerprint density at radius 2 is 2.10 bits per heavy atom. The zero-order chi connectivity index (χ0) is 13.5. The number of anilines is 1. The lowest BCUT2D eigenvalue weighted by Crippen LogP contribution is -2.15. The number of fused-ring (bicyclic) bond motifs is 3. The van der Waals surface area contributed by atoms with Crippen LogP contribution in [0.5, 0.6) is 0 Å². The summed E-state index contributed by atoms with van der Waals surface area (Å²) in [6.07, 6.45) is 7.07. The van der Waals surface area contributed by atoms with Gasteiger partial charge in [-0.1, -0.05) is 12.8 Å². The van der Waals surface area contributed by atoms with Gasteiger partial charge in [-0.25, -0.2) is 0 Å². The van der Waals surface area contributed by atoms with Crippen molar-refractivity contribution in [3.63, 3.8) is 0 Å². The lowest BCUT2D eigenvalue weighted by Gasteiger charge is -2.16. The molecule has 0 amide bonds. The van der Waals surface area contributed by atoms with Crippen molar-refractivity contribution in [1.82, 2.24) is 15.2 Å². The Balaban J connectivity index is 1.93. The summed E-state index contributed by atoms with van der Waals surface area (Å²) >= 11 is 0. The van der Waals surface area contributed by atoms with Crippen molar-refractivity contribution in [3.8, 4) is 0 Å². The Kier molecular flexibility index (Phi) is 2.62. The van der Waals surface area contributed by atoms with Crippen molar-refractivity contribution >= 4 is 27.5 Å². The number of benzene rings is 1. The highest BCUT2D eigenvalue weighted by Gasteiger charge is 2.17. The third-order valence-electron chi connectivity index (χ3n) is 4.23. The van der Waals surface area contributed by atoms with Crippen molar-refractivity contribution in [2.24, 2.45) is 0 Å². The molecule has 0 aliphatic heterocycles. The molecule has 0 atom stereocenters. The highest BCUT2D eigenvalue weighted by atomic mass is 15.1. The van der Waals surface area contributed by atoms with E-state index in [0.717, 1.165) is 27.5 Å². The van der Waals surface area contributed by atoms with E-state index in [1.54, 1.807) is 0 Å². The van der Waals surface area contributed by atoms with E-state index in [4.69, 9.17) is 0 Å². The zero-order valence-corrected chi connectivity index (χ0v) is 11.6. The van der Waals surface area contributed by atoms with Gasteiger partial charge in [0.25, 0.3) is 0 Å². The topological polar surface area (TPSA) is 53.6 Å². The summed E-state index contributed by atoms with van der Waals surface area (Å²) in [5.41, 5.74) is 4.35. The molecule has 1 fully saturated rings. The van der Waals surface area contributed by atoms with Crippen LogP contribution in [0, 0.1) is 6.92 Å². The molecule has 0 spiro atoms. The van der Waals surface area contributed by atoms with Crippen LogP contribution in [0.4, 0.5) is 5.69 Å². The molecule has 102 valence electrons. The molecule has 20 heavy (non-hydrogen) atoms. The third-order valence-corrected chi connectivity index (χ3v) is 4.23. The number of aryl methyl sites for hydroxylation is 1. The van der Waals surface area contributed by atoms with Gasteiger partial charge in [0.05, 0.1) is 17.2 Å². The standard InChI is InChI=1S/C16H18N4/c1-10-8-14(19-12-4-2-3-5-12)15-13(18-10)7-6-11-9-17-20-16(11)15/h6-9,12H,2-5H2,1H3,(H,17,20)(H,18,19). The van der Waals surface area contributed by atoms with E-state index >= 15 is 0 Å². The van der Waals surface area contributed by atoms with Gasteiger partial charge in [-0.3, -0.25) is 10.1 Å². The number of hydrogen-bond donors (Lipinski definition) is 2. The van der Waals surface area contributed by atoms with Gasteiger partial charge in [-0.2, -0.15) is 5.10 Å². The van der Waals surface area contributed by atoms with Gasteiger partial charge in [0.15, 0.2) is 0 Å². The van der Waals surface area contributed by atoms with Crippen LogP contribution >= 0.6 is 0 Å². The van der Waals surface area contributed by atoms with E-state index in [-0.39, 0.29) is 0 Å². The van der Waals surface area contributed by atoms with E-state index in [1.165, 1.54) is 31.4 Å². The van der Waals surface area contributed by atoms with Gasteiger partial charge in [-0.15, -0.1) is 0 Å². The molecule has 0 radical (unpaired) electrons. The molecular formula is C16H18N4. The average molecular weight is 266 g/mol. The normalized spacial score (nSPS) is 16.2. The maximum Gasteiger partial charge on any atom is 0.0765 e. The quantitative estimate of drug-likeness (QED) is 0.742. The van der Waals surface area contributed by atoms with E-state index in [0.29, 0.717) is 6.04 Å². The smallest absolute Gasteiger partial charge is 0.0765 e. The number of H-pyrrole nitrogens is 1. The second-order valence-electron chi connectivity index (χ2n) is 5.73. The predicted octanol–water partition coefficient (Wildman–Crippen LogP) is 3.77. The van der Waals surface area contributed by atoms with Crippen LogP contribution in [0.3, 0.4) is 0 Å². The fraction of sp³-hybridized carbons (Fsp3) is 0.375. The second kappa shape index (κ2) is 4.47. The van der Waals surface area contributed by atoms with Crippen molar-refractivity contribution in [1.29, 1.82) is 0 Å². The summed E-state index contributed by atoms with van der Waals surface area (Å²) < 4.78 is 0. The fourth-order valence-electron chi connectivity index (χ4n) is 3.28. The number of nitrogens with one attached hydrogen (secondary N) is 2. The Hall–Kier alpha value is -2.10. The molecule has 1 saturated carbocycles. The first-order chi connectivity index (χ1) is 9.81. The minimum atomic E-state index is 0.596. The summed E-state index contributed by atoms with van der Waals surface area (Å²) in [6.45, 7) is 2.05. The van der Waals surface area contributed by atoms with Crippen LogP contribution in [0.15, 0.2) is 24.4 Å². The van der Waals surface area contributed by atoms with Gasteiger partial charge < -0.3 is 5.32 Å². The van der Waals surface area contributed by atoms with Crippen LogP contribution in [-0.2, 0) is 0 Å². The van der Waals surface area contributed by atoms with Crippen LogP contribution < -0.4 is 5.32 Å². The third kappa shape index (κ3) is 1.83. The van der Waals surface area contributed by atoms with Gasteiger partial charge >= 0.3 is 0 Å². The highest BCUT2D eigenvalue weighted by Crippen LogP contribution is 2.32. The van der Waals surface area contributed by atoms with E-state index in [2.05, 4.69) is 45.6 Å². The number of rotatable bonds is 2.